The number of aliphatic hydroxyl groups excluding tert-OH is 1. The first kappa shape index (κ1) is 22.2. The molecule has 0 saturated carbocycles. The number of phenols is 1. The van der Waals surface area contributed by atoms with Crippen LogP contribution in [-0.2, 0) is 6.61 Å². The fraction of sp³-hybridized carbons (Fsp3) is 0.478. The lowest BCUT2D eigenvalue weighted by Gasteiger charge is -2.32. The summed E-state index contributed by atoms with van der Waals surface area (Å²) in [5.74, 6) is 0.261. The van der Waals surface area contributed by atoms with Gasteiger partial charge in [0.15, 0.2) is 0 Å². The van der Waals surface area contributed by atoms with E-state index in [0.717, 1.165) is 29.7 Å². The lowest BCUT2D eigenvalue weighted by molar-refractivity contribution is 0.170. The maximum atomic E-state index is 10.4. The van der Waals surface area contributed by atoms with Crippen molar-refractivity contribution in [1.82, 2.24) is 4.90 Å². The van der Waals surface area contributed by atoms with Crippen LogP contribution in [0.5, 0.6) is 5.75 Å². The topological polar surface area (TPSA) is 43.7 Å². The van der Waals surface area contributed by atoms with Crippen molar-refractivity contribution in [2.75, 3.05) is 6.54 Å². The molecule has 0 radical (unpaired) electrons. The predicted molar refractivity (Wildman–Crippen MR) is 111 cm³/mol. The molecule has 3 heteroatoms. The van der Waals surface area contributed by atoms with E-state index >= 15 is 0 Å². The van der Waals surface area contributed by atoms with E-state index in [-0.39, 0.29) is 18.3 Å². The van der Waals surface area contributed by atoms with E-state index in [4.69, 9.17) is 0 Å². The summed E-state index contributed by atoms with van der Waals surface area (Å²) >= 11 is 0. The maximum Gasteiger partial charge on any atom is 0.119 e. The van der Waals surface area contributed by atoms with E-state index in [2.05, 4.69) is 39.2 Å². The molecule has 0 heterocycles. The fourth-order valence-electron chi connectivity index (χ4n) is 3.32. The molecule has 0 aliphatic heterocycles. The molecule has 3 nitrogen and oxygen atoms in total. The molecule has 0 spiro atoms. The number of allylic oxidation sites excluding steroid dienone is 5. The maximum absolute atomic E-state index is 10.4. The van der Waals surface area contributed by atoms with Crippen molar-refractivity contribution < 1.29 is 10.2 Å². The smallest absolute Gasteiger partial charge is 0.119 e. The first-order chi connectivity index (χ1) is 12.3. The van der Waals surface area contributed by atoms with E-state index in [9.17, 15) is 10.2 Å². The highest BCUT2D eigenvalue weighted by atomic mass is 16.3. The number of nitrogens with zero attached hydrogens (tertiary/aromatic N) is 1. The van der Waals surface area contributed by atoms with Crippen LogP contribution >= 0.6 is 0 Å². The fourth-order valence-corrected chi connectivity index (χ4v) is 3.32. The molecular weight excluding hydrogens is 322 g/mol. The number of benzene rings is 1. The average Bonchev–Trinajstić information content (AvgIpc) is 2.59. The van der Waals surface area contributed by atoms with Crippen molar-refractivity contribution in [1.29, 1.82) is 0 Å². The average molecular weight is 358 g/mol. The van der Waals surface area contributed by atoms with Gasteiger partial charge in [-0.25, -0.2) is 0 Å². The minimum Gasteiger partial charge on any atom is -0.508 e. The van der Waals surface area contributed by atoms with Crippen LogP contribution in [0.15, 0.2) is 54.7 Å². The van der Waals surface area contributed by atoms with Crippen LogP contribution in [-0.4, -0.2) is 33.7 Å². The highest BCUT2D eigenvalue weighted by Crippen LogP contribution is 2.35. The highest BCUT2D eigenvalue weighted by molar-refractivity contribution is 5.44. The van der Waals surface area contributed by atoms with Crippen molar-refractivity contribution in [3.8, 4) is 5.75 Å². The molecule has 0 unspecified atom stereocenters. The second kappa shape index (κ2) is 11.0. The summed E-state index contributed by atoms with van der Waals surface area (Å²) in [5, 5.41) is 19.9. The Labute approximate surface area is 159 Å². The van der Waals surface area contributed by atoms with Gasteiger partial charge in [0.25, 0.3) is 0 Å². The molecule has 144 valence electrons. The SMILES string of the molecule is C=C(/C=C\C=C/C)[C@@H](CCN(C(C)C)C(C)C)c1cc(CO)ccc1O. The number of hydrogen-bond acceptors (Lipinski definition) is 3. The number of aliphatic hydroxyl groups is 1. The highest BCUT2D eigenvalue weighted by Gasteiger charge is 2.21. The largest absolute Gasteiger partial charge is 0.508 e. The van der Waals surface area contributed by atoms with Crippen LogP contribution in [0.4, 0.5) is 0 Å². The summed E-state index contributed by atoms with van der Waals surface area (Å²) in [6.45, 7) is 15.9. The van der Waals surface area contributed by atoms with Crippen LogP contribution in [0.25, 0.3) is 0 Å². The first-order valence-corrected chi connectivity index (χ1v) is 9.48. The van der Waals surface area contributed by atoms with Gasteiger partial charge in [-0.1, -0.05) is 36.9 Å². The minimum absolute atomic E-state index is 0.00278. The predicted octanol–water partition coefficient (Wildman–Crippen LogP) is 5.17. The van der Waals surface area contributed by atoms with Gasteiger partial charge in [0, 0.05) is 23.6 Å². The zero-order valence-corrected chi connectivity index (χ0v) is 16.9. The number of hydrogen-bond donors (Lipinski definition) is 2. The molecule has 1 rings (SSSR count). The van der Waals surface area contributed by atoms with Crippen molar-refractivity contribution in [3.63, 3.8) is 0 Å². The Balaban J connectivity index is 3.16. The van der Waals surface area contributed by atoms with Gasteiger partial charge in [-0.2, -0.15) is 0 Å². The quantitative estimate of drug-likeness (QED) is 0.568. The van der Waals surface area contributed by atoms with E-state index in [1.165, 1.54) is 0 Å². The minimum atomic E-state index is -0.0367. The molecule has 0 aliphatic rings. The van der Waals surface area contributed by atoms with E-state index < -0.39 is 0 Å². The first-order valence-electron chi connectivity index (χ1n) is 9.48. The lowest BCUT2D eigenvalue weighted by Crippen LogP contribution is -2.38. The molecule has 0 aliphatic carbocycles. The van der Waals surface area contributed by atoms with E-state index in [1.807, 2.05) is 37.3 Å². The molecular formula is C23H35NO2. The van der Waals surface area contributed by atoms with Gasteiger partial charge in [-0.05, 0) is 70.9 Å². The van der Waals surface area contributed by atoms with Crippen LogP contribution in [0.3, 0.4) is 0 Å². The molecule has 26 heavy (non-hydrogen) atoms. The van der Waals surface area contributed by atoms with Gasteiger partial charge in [0.2, 0.25) is 0 Å². The monoisotopic (exact) mass is 357 g/mol. The standard InChI is InChI=1S/C23H35NO2/c1-7-8-9-10-19(6)21(13-14-24(17(2)3)18(4)5)22-15-20(16-25)11-12-23(22)26/h7-12,15,17-18,21,25-26H,6,13-14,16H2,1-5H3/b8-7-,10-9-/t21-/m1/s1. The van der Waals surface area contributed by atoms with E-state index in [0.29, 0.717) is 12.1 Å². The number of rotatable bonds is 10. The Bertz CT molecular complexity index is 621. The van der Waals surface area contributed by atoms with Crippen LogP contribution < -0.4 is 0 Å². The summed E-state index contributed by atoms with van der Waals surface area (Å²) in [5.41, 5.74) is 2.60. The molecule has 0 aromatic heterocycles. The van der Waals surface area contributed by atoms with Crippen LogP contribution in [0, 0.1) is 0 Å². The van der Waals surface area contributed by atoms with Gasteiger partial charge in [0.1, 0.15) is 5.75 Å². The van der Waals surface area contributed by atoms with Gasteiger partial charge in [-0.3, -0.25) is 4.90 Å². The van der Waals surface area contributed by atoms with Crippen LogP contribution in [0.1, 0.15) is 58.1 Å². The lowest BCUT2D eigenvalue weighted by atomic mass is 9.86. The summed E-state index contributed by atoms with van der Waals surface area (Å²) in [7, 11) is 0. The Kier molecular flexibility index (Phi) is 9.39. The molecule has 1 aromatic rings. The third-order valence-corrected chi connectivity index (χ3v) is 4.71. The third kappa shape index (κ3) is 6.47. The Morgan fingerprint density at radius 3 is 2.35 bits per heavy atom. The van der Waals surface area contributed by atoms with Crippen molar-refractivity contribution in [3.05, 3.63) is 65.8 Å². The molecule has 1 atom stereocenters. The second-order valence-corrected chi connectivity index (χ2v) is 7.28. The zero-order chi connectivity index (χ0) is 19.7. The number of aromatic hydroxyl groups is 1. The molecule has 2 N–H and O–H groups in total. The van der Waals surface area contributed by atoms with Gasteiger partial charge in [0.05, 0.1) is 6.61 Å². The van der Waals surface area contributed by atoms with Gasteiger partial charge < -0.3 is 10.2 Å². The molecule has 1 aromatic carbocycles. The Morgan fingerprint density at radius 1 is 1.15 bits per heavy atom. The summed E-state index contributed by atoms with van der Waals surface area (Å²) < 4.78 is 0. The van der Waals surface area contributed by atoms with Crippen molar-refractivity contribution in [2.24, 2.45) is 0 Å². The summed E-state index contributed by atoms with van der Waals surface area (Å²) in [4.78, 5) is 2.45. The van der Waals surface area contributed by atoms with E-state index in [1.54, 1.807) is 12.1 Å². The molecule has 0 saturated heterocycles. The third-order valence-electron chi connectivity index (χ3n) is 4.71. The van der Waals surface area contributed by atoms with Gasteiger partial charge >= 0.3 is 0 Å². The summed E-state index contributed by atoms with van der Waals surface area (Å²) in [6, 6.07) is 6.23. The zero-order valence-electron chi connectivity index (χ0n) is 16.9. The molecule has 0 bridgehead atoms. The number of phenolic OH excluding ortho intramolecular Hbond substituents is 1. The van der Waals surface area contributed by atoms with Crippen molar-refractivity contribution >= 4 is 0 Å². The second-order valence-electron chi connectivity index (χ2n) is 7.28. The summed E-state index contributed by atoms with van der Waals surface area (Å²) in [6.07, 6.45) is 8.79. The normalized spacial score (nSPS) is 13.6. The van der Waals surface area contributed by atoms with Crippen molar-refractivity contribution in [2.45, 2.75) is 65.6 Å². The van der Waals surface area contributed by atoms with Crippen LogP contribution in [0.2, 0.25) is 0 Å². The Hall–Kier alpha value is -1.84. The molecule has 0 amide bonds. The molecule has 0 fully saturated rings. The Morgan fingerprint density at radius 2 is 1.81 bits per heavy atom. The van der Waals surface area contributed by atoms with Gasteiger partial charge in [-0.15, -0.1) is 0 Å².